The van der Waals surface area contributed by atoms with E-state index in [1.165, 1.54) is 22.5 Å². The van der Waals surface area contributed by atoms with Gasteiger partial charge in [-0.3, -0.25) is 4.79 Å². The summed E-state index contributed by atoms with van der Waals surface area (Å²) >= 11 is 0. The lowest BCUT2D eigenvalue weighted by atomic mass is 9.93. The maximum atomic E-state index is 13.4. The Bertz CT molecular complexity index is 765. The van der Waals surface area contributed by atoms with Gasteiger partial charge < -0.3 is 4.90 Å². The Morgan fingerprint density at radius 1 is 1.08 bits per heavy atom. The van der Waals surface area contributed by atoms with Crippen LogP contribution in [-0.2, 0) is 14.8 Å². The SMILES string of the molecule is Cc1cc(S(=O)(=O)N2CCC(C(=O)N3CCC(C)CC3)CC2)ccc1F. The highest BCUT2D eigenvalue weighted by atomic mass is 32.2. The van der Waals surface area contributed by atoms with Gasteiger partial charge in [0.2, 0.25) is 15.9 Å². The van der Waals surface area contributed by atoms with E-state index in [1.807, 2.05) is 4.90 Å². The Balaban J connectivity index is 1.62. The Morgan fingerprint density at radius 3 is 2.27 bits per heavy atom. The second kappa shape index (κ2) is 7.64. The van der Waals surface area contributed by atoms with Crippen molar-refractivity contribution in [3.8, 4) is 0 Å². The number of hydrogen-bond acceptors (Lipinski definition) is 3. The molecule has 0 N–H and O–H groups in total. The zero-order valence-corrected chi connectivity index (χ0v) is 16.3. The maximum Gasteiger partial charge on any atom is 0.243 e. The van der Waals surface area contributed by atoms with E-state index in [-0.39, 0.29) is 16.7 Å². The van der Waals surface area contributed by atoms with Crippen LogP contribution >= 0.6 is 0 Å². The Labute approximate surface area is 155 Å². The first kappa shape index (κ1) is 19.3. The molecule has 0 spiro atoms. The van der Waals surface area contributed by atoms with Gasteiger partial charge in [0.25, 0.3) is 0 Å². The minimum Gasteiger partial charge on any atom is -0.342 e. The van der Waals surface area contributed by atoms with Gasteiger partial charge in [0.15, 0.2) is 0 Å². The number of carbonyl (C=O) groups is 1. The second-order valence-corrected chi connectivity index (χ2v) is 9.54. The highest BCUT2D eigenvalue weighted by Crippen LogP contribution is 2.27. The summed E-state index contributed by atoms with van der Waals surface area (Å²) in [6, 6.07) is 3.87. The predicted molar refractivity (Wildman–Crippen MR) is 97.6 cm³/mol. The summed E-state index contributed by atoms with van der Waals surface area (Å²) in [4.78, 5) is 14.7. The normalized spacial score (nSPS) is 21.1. The molecule has 7 heteroatoms. The molecule has 5 nitrogen and oxygen atoms in total. The molecule has 1 aromatic rings. The number of sulfonamides is 1. The van der Waals surface area contributed by atoms with Gasteiger partial charge in [-0.25, -0.2) is 12.8 Å². The van der Waals surface area contributed by atoms with E-state index in [0.29, 0.717) is 37.4 Å². The van der Waals surface area contributed by atoms with Gasteiger partial charge in [0, 0.05) is 32.1 Å². The topological polar surface area (TPSA) is 57.7 Å². The van der Waals surface area contributed by atoms with Crippen LogP contribution < -0.4 is 0 Å². The minimum absolute atomic E-state index is 0.0928. The van der Waals surface area contributed by atoms with Crippen LogP contribution in [0.2, 0.25) is 0 Å². The molecule has 3 rings (SSSR count). The van der Waals surface area contributed by atoms with E-state index in [2.05, 4.69) is 6.92 Å². The molecular formula is C19H27FN2O3S. The molecule has 2 saturated heterocycles. The summed E-state index contributed by atoms with van der Waals surface area (Å²) < 4.78 is 40.4. The molecule has 26 heavy (non-hydrogen) atoms. The van der Waals surface area contributed by atoms with Crippen molar-refractivity contribution in [2.45, 2.75) is 44.4 Å². The summed E-state index contributed by atoms with van der Waals surface area (Å²) in [5.74, 6) is 0.339. The highest BCUT2D eigenvalue weighted by Gasteiger charge is 2.34. The third-order valence-corrected chi connectivity index (χ3v) is 7.56. The first-order chi connectivity index (χ1) is 12.3. The number of piperidine rings is 2. The smallest absolute Gasteiger partial charge is 0.243 e. The van der Waals surface area contributed by atoms with E-state index in [4.69, 9.17) is 0 Å². The third-order valence-electron chi connectivity index (χ3n) is 5.67. The third kappa shape index (κ3) is 3.93. The quantitative estimate of drug-likeness (QED) is 0.808. The fraction of sp³-hybridized carbons (Fsp3) is 0.632. The average molecular weight is 383 g/mol. The number of carbonyl (C=O) groups excluding carboxylic acids is 1. The summed E-state index contributed by atoms with van der Waals surface area (Å²) in [5, 5.41) is 0. The number of hydrogen-bond donors (Lipinski definition) is 0. The molecule has 0 unspecified atom stereocenters. The van der Waals surface area contributed by atoms with E-state index >= 15 is 0 Å². The molecule has 0 bridgehead atoms. The van der Waals surface area contributed by atoms with E-state index in [1.54, 1.807) is 6.92 Å². The number of amides is 1. The van der Waals surface area contributed by atoms with Gasteiger partial charge in [-0.15, -0.1) is 0 Å². The van der Waals surface area contributed by atoms with Crippen molar-refractivity contribution >= 4 is 15.9 Å². The lowest BCUT2D eigenvalue weighted by molar-refractivity contribution is -0.138. The standard InChI is InChI=1S/C19H27FN2O3S/c1-14-5-9-21(10-6-14)19(23)16-7-11-22(12-8-16)26(24,25)17-3-4-18(20)15(2)13-17/h3-4,13-14,16H,5-12H2,1-2H3. The number of benzene rings is 1. The van der Waals surface area contributed by atoms with Crippen LogP contribution in [-0.4, -0.2) is 49.7 Å². The molecule has 0 atom stereocenters. The molecule has 1 amide bonds. The first-order valence-corrected chi connectivity index (χ1v) is 10.8. The monoisotopic (exact) mass is 382 g/mol. The maximum absolute atomic E-state index is 13.4. The van der Waals surface area contributed by atoms with Crippen LogP contribution in [0.3, 0.4) is 0 Å². The summed E-state index contributed by atoms with van der Waals surface area (Å²) in [7, 11) is -3.64. The molecule has 144 valence electrons. The number of nitrogens with zero attached hydrogens (tertiary/aromatic N) is 2. The van der Waals surface area contributed by atoms with Gasteiger partial charge in [-0.1, -0.05) is 6.92 Å². The van der Waals surface area contributed by atoms with Gasteiger partial charge >= 0.3 is 0 Å². The zero-order valence-electron chi connectivity index (χ0n) is 15.4. The lowest BCUT2D eigenvalue weighted by Gasteiger charge is -2.36. The van der Waals surface area contributed by atoms with Crippen molar-refractivity contribution in [2.75, 3.05) is 26.2 Å². The van der Waals surface area contributed by atoms with Gasteiger partial charge in [-0.2, -0.15) is 4.31 Å². The average Bonchev–Trinajstić information content (AvgIpc) is 2.64. The summed E-state index contributed by atoms with van der Waals surface area (Å²) in [6.07, 6.45) is 3.18. The van der Waals surface area contributed by atoms with Gasteiger partial charge in [-0.05, 0) is 62.3 Å². The largest absolute Gasteiger partial charge is 0.342 e. The molecule has 2 fully saturated rings. The predicted octanol–water partition coefficient (Wildman–Crippen LogP) is 2.79. The minimum atomic E-state index is -3.64. The molecule has 0 aliphatic carbocycles. The Morgan fingerprint density at radius 2 is 1.69 bits per heavy atom. The molecule has 2 aliphatic rings. The molecule has 1 aromatic carbocycles. The summed E-state index contributed by atoms with van der Waals surface area (Å²) in [6.45, 7) is 6.06. The van der Waals surface area contributed by atoms with Crippen LogP contribution in [0.15, 0.2) is 23.1 Å². The fourth-order valence-electron chi connectivity index (χ4n) is 3.76. The van der Waals surface area contributed by atoms with Crippen molar-refractivity contribution < 1.29 is 17.6 Å². The van der Waals surface area contributed by atoms with Crippen molar-refractivity contribution in [3.63, 3.8) is 0 Å². The Kier molecular flexibility index (Phi) is 5.67. The number of halogens is 1. The van der Waals surface area contributed by atoms with Crippen LogP contribution in [0.4, 0.5) is 4.39 Å². The highest BCUT2D eigenvalue weighted by molar-refractivity contribution is 7.89. The van der Waals surface area contributed by atoms with Crippen molar-refractivity contribution in [2.24, 2.45) is 11.8 Å². The number of aryl methyl sites for hydroxylation is 1. The van der Waals surface area contributed by atoms with Crippen molar-refractivity contribution in [1.82, 2.24) is 9.21 Å². The molecular weight excluding hydrogens is 355 g/mol. The summed E-state index contributed by atoms with van der Waals surface area (Å²) in [5.41, 5.74) is 0.315. The van der Waals surface area contributed by atoms with Crippen LogP contribution in [0, 0.1) is 24.6 Å². The van der Waals surface area contributed by atoms with Crippen LogP contribution in [0.25, 0.3) is 0 Å². The first-order valence-electron chi connectivity index (χ1n) is 9.34. The van der Waals surface area contributed by atoms with E-state index in [0.717, 1.165) is 25.9 Å². The van der Waals surface area contributed by atoms with Crippen molar-refractivity contribution in [3.05, 3.63) is 29.6 Å². The molecule has 0 aromatic heterocycles. The van der Waals surface area contributed by atoms with Gasteiger partial charge in [0.1, 0.15) is 5.82 Å². The number of rotatable bonds is 3. The molecule has 2 heterocycles. The molecule has 0 radical (unpaired) electrons. The zero-order chi connectivity index (χ0) is 18.9. The van der Waals surface area contributed by atoms with Crippen LogP contribution in [0.5, 0.6) is 0 Å². The second-order valence-electron chi connectivity index (χ2n) is 7.60. The van der Waals surface area contributed by atoms with Gasteiger partial charge in [0.05, 0.1) is 4.90 Å². The lowest BCUT2D eigenvalue weighted by Crippen LogP contribution is -2.46. The molecule has 2 aliphatic heterocycles. The van der Waals surface area contributed by atoms with E-state index in [9.17, 15) is 17.6 Å². The van der Waals surface area contributed by atoms with Crippen molar-refractivity contribution in [1.29, 1.82) is 0 Å². The van der Waals surface area contributed by atoms with Crippen LogP contribution in [0.1, 0.15) is 38.2 Å². The number of likely N-dealkylation sites (tertiary alicyclic amines) is 1. The Hall–Kier alpha value is -1.47. The van der Waals surface area contributed by atoms with E-state index < -0.39 is 15.8 Å². The molecule has 0 saturated carbocycles. The fourth-order valence-corrected chi connectivity index (χ4v) is 5.31.